The first kappa shape index (κ1) is 30.3. The molecule has 0 unspecified atom stereocenters. The number of carbonyl (C=O) groups is 5. The number of imide groups is 1. The Labute approximate surface area is 215 Å². The molecule has 0 aliphatic carbocycles. The van der Waals surface area contributed by atoms with Crippen LogP contribution in [0.25, 0.3) is 0 Å². The van der Waals surface area contributed by atoms with Gasteiger partial charge in [-0.1, -0.05) is 6.92 Å². The van der Waals surface area contributed by atoms with Gasteiger partial charge in [-0.15, -0.1) is 0 Å². The van der Waals surface area contributed by atoms with Crippen molar-refractivity contribution in [3.8, 4) is 0 Å². The van der Waals surface area contributed by atoms with E-state index in [0.717, 1.165) is 11.2 Å². The van der Waals surface area contributed by atoms with Gasteiger partial charge in [-0.05, 0) is 38.4 Å². The smallest absolute Gasteiger partial charge is 0.322 e. The van der Waals surface area contributed by atoms with Crippen LogP contribution in [0, 0.1) is 0 Å². The number of esters is 1. The van der Waals surface area contributed by atoms with Crippen molar-refractivity contribution in [1.29, 1.82) is 0 Å². The Hall–Kier alpha value is -1.71. The molecule has 12 nitrogen and oxygen atoms in total. The number of hydrogen-bond acceptors (Lipinski definition) is 10. The van der Waals surface area contributed by atoms with Crippen molar-refractivity contribution in [3.05, 3.63) is 8.96 Å². The van der Waals surface area contributed by atoms with Crippen molar-refractivity contribution < 1.29 is 33.4 Å². The fourth-order valence-corrected chi connectivity index (χ4v) is 3.71. The number of carbonyl (C=O) groups excluding carboxylic acids is 5. The molecular formula is C20H31Br2N5O7. The Balaban J connectivity index is 2.46. The molecule has 0 aromatic rings. The van der Waals surface area contributed by atoms with Crippen LogP contribution in [0.3, 0.4) is 0 Å². The lowest BCUT2D eigenvalue weighted by Crippen LogP contribution is -2.45. The van der Waals surface area contributed by atoms with Crippen LogP contribution >= 0.6 is 31.9 Å². The van der Waals surface area contributed by atoms with Gasteiger partial charge >= 0.3 is 5.97 Å². The largest absolute Gasteiger partial charge is 0.438 e. The average molecular weight is 613 g/mol. The first-order chi connectivity index (χ1) is 16.2. The first-order valence-corrected chi connectivity index (χ1v) is 12.2. The predicted molar refractivity (Wildman–Crippen MR) is 130 cm³/mol. The van der Waals surface area contributed by atoms with Gasteiger partial charge in [0.25, 0.3) is 11.8 Å². The number of methoxy groups -OCH3 is 1. The second kappa shape index (κ2) is 16.8. The molecule has 0 bridgehead atoms. The highest BCUT2D eigenvalue weighted by molar-refractivity contribution is 9.14. The third-order valence-electron chi connectivity index (χ3n) is 4.79. The highest BCUT2D eigenvalue weighted by Crippen LogP contribution is 2.28. The summed E-state index contributed by atoms with van der Waals surface area (Å²) in [6.45, 7) is 5.01. The highest BCUT2D eigenvalue weighted by Gasteiger charge is 2.35. The van der Waals surface area contributed by atoms with E-state index in [2.05, 4.69) is 42.5 Å². The van der Waals surface area contributed by atoms with Crippen LogP contribution in [-0.4, -0.2) is 124 Å². The molecule has 0 aromatic carbocycles. The standard InChI is InChI=1S/C20H31Br2N5O7/c1-3-25(9-10-26(7-4-23-6-11-28)13-16(30)34-14-33-2)12-15(29)24-5-8-27-19(31)17(21)18(22)20(27)32/h11,23H,3-10,12-14H2,1-2H3,(H,24,29). The van der Waals surface area contributed by atoms with E-state index < -0.39 is 17.8 Å². The summed E-state index contributed by atoms with van der Waals surface area (Å²) >= 11 is 6.12. The minimum absolute atomic E-state index is 0.0485. The Morgan fingerprint density at radius 2 is 1.68 bits per heavy atom. The maximum absolute atomic E-state index is 12.3. The van der Waals surface area contributed by atoms with Gasteiger partial charge in [-0.25, -0.2) is 0 Å². The summed E-state index contributed by atoms with van der Waals surface area (Å²) in [5, 5.41) is 5.66. The van der Waals surface area contributed by atoms with Crippen LogP contribution in [0.2, 0.25) is 0 Å². The number of ether oxygens (including phenoxy) is 2. The third kappa shape index (κ3) is 10.7. The number of halogens is 2. The van der Waals surface area contributed by atoms with E-state index in [1.54, 1.807) is 0 Å². The van der Waals surface area contributed by atoms with Gasteiger partial charge in [0.05, 0.1) is 19.6 Å². The number of aldehydes is 1. The van der Waals surface area contributed by atoms with Crippen LogP contribution in [0.5, 0.6) is 0 Å². The van der Waals surface area contributed by atoms with Gasteiger partial charge in [-0.3, -0.25) is 33.9 Å². The van der Waals surface area contributed by atoms with Crippen LogP contribution in [-0.2, 0) is 33.4 Å². The fraction of sp³-hybridized carbons (Fsp3) is 0.650. The summed E-state index contributed by atoms with van der Waals surface area (Å²) in [7, 11) is 1.42. The lowest BCUT2D eigenvalue weighted by atomic mass is 10.3. The molecule has 1 aliphatic rings. The molecule has 2 N–H and O–H groups in total. The van der Waals surface area contributed by atoms with Crippen molar-refractivity contribution in [3.63, 3.8) is 0 Å². The van der Waals surface area contributed by atoms with E-state index in [1.165, 1.54) is 7.11 Å². The zero-order valence-corrected chi connectivity index (χ0v) is 22.5. The lowest BCUT2D eigenvalue weighted by Gasteiger charge is -2.26. The zero-order valence-electron chi connectivity index (χ0n) is 19.3. The first-order valence-electron chi connectivity index (χ1n) is 10.7. The molecule has 3 amide bonds. The number of hydrogen-bond donors (Lipinski definition) is 2. The summed E-state index contributed by atoms with van der Waals surface area (Å²) in [6, 6.07) is 0. The topological polar surface area (TPSA) is 138 Å². The Morgan fingerprint density at radius 3 is 2.26 bits per heavy atom. The summed E-state index contributed by atoms with van der Waals surface area (Å²) in [5.74, 6) is -1.58. The number of amides is 3. The van der Waals surface area contributed by atoms with Crippen molar-refractivity contribution in [1.82, 2.24) is 25.3 Å². The molecule has 14 heteroatoms. The second-order valence-corrected chi connectivity index (χ2v) is 8.76. The number of nitrogens with one attached hydrogen (secondary N) is 2. The number of rotatable bonds is 18. The molecule has 1 heterocycles. The molecule has 0 saturated heterocycles. The molecule has 0 atom stereocenters. The van der Waals surface area contributed by atoms with Crippen LogP contribution < -0.4 is 10.6 Å². The quantitative estimate of drug-likeness (QED) is 0.0654. The average Bonchev–Trinajstić information content (AvgIpc) is 3.00. The maximum atomic E-state index is 12.3. The zero-order chi connectivity index (χ0) is 25.5. The van der Waals surface area contributed by atoms with Crippen LogP contribution in [0.1, 0.15) is 6.92 Å². The molecule has 0 aromatic heterocycles. The van der Waals surface area contributed by atoms with Crippen LogP contribution in [0.4, 0.5) is 0 Å². The summed E-state index contributed by atoms with van der Waals surface area (Å²) < 4.78 is 10.0. The lowest BCUT2D eigenvalue weighted by molar-refractivity contribution is -0.155. The molecule has 1 aliphatic heterocycles. The van der Waals surface area contributed by atoms with E-state index in [4.69, 9.17) is 9.47 Å². The minimum atomic E-state index is -0.451. The van der Waals surface area contributed by atoms with E-state index in [1.807, 2.05) is 16.7 Å². The van der Waals surface area contributed by atoms with E-state index in [0.29, 0.717) is 32.7 Å². The Kier molecular flexibility index (Phi) is 15.0. The number of likely N-dealkylation sites (N-methyl/N-ethyl adjacent to an activating group) is 1. The Morgan fingerprint density at radius 1 is 1.03 bits per heavy atom. The number of nitrogens with zero attached hydrogens (tertiary/aromatic N) is 3. The van der Waals surface area contributed by atoms with Crippen molar-refractivity contribution in [2.75, 3.05) is 79.4 Å². The van der Waals surface area contributed by atoms with Gasteiger partial charge in [-0.2, -0.15) is 0 Å². The van der Waals surface area contributed by atoms with Crippen molar-refractivity contribution >= 4 is 61.8 Å². The second-order valence-electron chi connectivity index (χ2n) is 7.18. The van der Waals surface area contributed by atoms with E-state index >= 15 is 0 Å². The molecule has 0 saturated carbocycles. The van der Waals surface area contributed by atoms with Crippen LogP contribution in [0.15, 0.2) is 8.96 Å². The van der Waals surface area contributed by atoms with Gasteiger partial charge in [0.2, 0.25) is 5.91 Å². The maximum Gasteiger partial charge on any atom is 0.322 e. The van der Waals surface area contributed by atoms with Gasteiger partial charge in [0.1, 0.15) is 15.3 Å². The Bertz CT molecular complexity index is 742. The monoisotopic (exact) mass is 611 g/mol. The van der Waals surface area contributed by atoms with Crippen molar-refractivity contribution in [2.45, 2.75) is 6.92 Å². The third-order valence-corrected chi connectivity index (χ3v) is 6.79. The summed E-state index contributed by atoms with van der Waals surface area (Å²) in [5.41, 5.74) is 0. The van der Waals surface area contributed by atoms with E-state index in [9.17, 15) is 24.0 Å². The molecule has 34 heavy (non-hydrogen) atoms. The fourth-order valence-electron chi connectivity index (χ4n) is 2.94. The molecule has 1 rings (SSSR count). The molecule has 192 valence electrons. The predicted octanol–water partition coefficient (Wildman–Crippen LogP) is -0.968. The SMILES string of the molecule is CCN(CCN(CCNCC=O)CC(=O)OCOC)CC(=O)NCCN1C(=O)C(Br)=C(Br)C1=O. The summed E-state index contributed by atoms with van der Waals surface area (Å²) in [6.07, 6.45) is 0.762. The van der Waals surface area contributed by atoms with Gasteiger partial charge in [0, 0.05) is 46.4 Å². The normalized spacial score (nSPS) is 13.9. The molecule has 0 fully saturated rings. The van der Waals surface area contributed by atoms with E-state index in [-0.39, 0.29) is 54.4 Å². The molecular weight excluding hydrogens is 582 g/mol. The summed E-state index contributed by atoms with van der Waals surface area (Å²) in [4.78, 5) is 63.6. The highest BCUT2D eigenvalue weighted by atomic mass is 79.9. The van der Waals surface area contributed by atoms with Gasteiger partial charge in [0.15, 0.2) is 6.79 Å². The molecule has 0 spiro atoms. The van der Waals surface area contributed by atoms with Crippen molar-refractivity contribution in [2.24, 2.45) is 0 Å². The van der Waals surface area contributed by atoms with Gasteiger partial charge < -0.3 is 24.9 Å². The molecule has 0 radical (unpaired) electrons. The minimum Gasteiger partial charge on any atom is -0.438 e.